The molecule has 9 unspecified atom stereocenters. The fraction of sp³-hybridized carbons (Fsp3) is 0.522. The zero-order valence-electron chi connectivity index (χ0n) is 36.1. The van der Waals surface area contributed by atoms with Gasteiger partial charge in [-0.15, -0.1) is 0 Å². The minimum atomic E-state index is -0.791. The largest absolute Gasteiger partial charge is 0.453 e. The maximum absolute atomic E-state index is 14.3. The number of rotatable bonds is 11. The fourth-order valence-corrected chi connectivity index (χ4v) is 10.7. The van der Waals surface area contributed by atoms with Gasteiger partial charge in [0.2, 0.25) is 11.8 Å². The van der Waals surface area contributed by atoms with Gasteiger partial charge in [-0.3, -0.25) is 9.59 Å². The molecular weight excluding hydrogens is 863 g/mol. The van der Waals surface area contributed by atoms with Crippen LogP contribution in [0.25, 0.3) is 33.6 Å². The van der Waals surface area contributed by atoms with E-state index in [1.165, 1.54) is 14.2 Å². The van der Waals surface area contributed by atoms with Crippen LogP contribution in [0.5, 0.6) is 0 Å². The Kier molecular flexibility index (Phi) is 12.9. The summed E-state index contributed by atoms with van der Waals surface area (Å²) in [6.07, 6.45) is 5.00. The van der Waals surface area contributed by atoms with E-state index < -0.39 is 24.3 Å². The topological polar surface area (TPSA) is 193 Å². The zero-order chi connectivity index (χ0) is 44.6. The number of hydrogen-bond acceptors (Lipinski definition) is 10. The molecule has 5 fully saturated rings. The summed E-state index contributed by atoms with van der Waals surface area (Å²) < 4.78 is 21.2. The Hall–Kier alpha value is -5.16. The normalized spacial score (nSPS) is 26.2. The maximum atomic E-state index is 14.3. The lowest BCUT2D eigenvalue weighted by molar-refractivity contribution is -0.139. The number of alkyl carbamates (subject to hydrolysis) is 2. The Balaban J connectivity index is 0.888. The Morgan fingerprint density at radius 3 is 1.61 bits per heavy atom. The number of likely N-dealkylation sites (tertiary alicyclic amines) is 2. The highest BCUT2D eigenvalue weighted by atomic mass is 35.5. The van der Waals surface area contributed by atoms with E-state index in [9.17, 15) is 19.2 Å². The molecule has 9 rings (SSSR count). The first-order valence-electron chi connectivity index (χ1n) is 22.2. The third kappa shape index (κ3) is 8.81. The number of piperidine rings is 1. The number of imidazole rings is 2. The van der Waals surface area contributed by atoms with Crippen LogP contribution in [0, 0.1) is 17.8 Å². The van der Waals surface area contributed by atoms with Crippen molar-refractivity contribution in [3.63, 3.8) is 0 Å². The third-order valence-corrected chi connectivity index (χ3v) is 14.2. The van der Waals surface area contributed by atoms with Gasteiger partial charge in [-0.2, -0.15) is 0 Å². The number of amides is 4. The SMILES string of the molecule is COC(=O)NC(C(=O)N1C(C)CCC1c1nc(-c2ccc(-c3ccc(-c4nc(C5CC6CC6N5C(=O)C(NC(=O)OC)C5CCCOC5)[nH]c4Cl)cc3)cc2)c(Cl)[nH]1)C1CCCOC1. The predicted molar refractivity (Wildman–Crippen MR) is 237 cm³/mol. The molecule has 4 N–H and O–H groups in total. The number of aromatic amines is 2. The molecule has 4 amide bonds. The molecule has 64 heavy (non-hydrogen) atoms. The molecule has 16 nitrogen and oxygen atoms in total. The van der Waals surface area contributed by atoms with Crippen LogP contribution in [0.4, 0.5) is 9.59 Å². The molecule has 0 radical (unpaired) electrons. The number of benzene rings is 2. The molecule has 1 saturated carbocycles. The monoisotopic (exact) mass is 916 g/mol. The van der Waals surface area contributed by atoms with Gasteiger partial charge < -0.3 is 49.3 Å². The Morgan fingerprint density at radius 1 is 0.672 bits per heavy atom. The molecule has 2 aromatic carbocycles. The molecule has 0 spiro atoms. The number of nitrogens with zero attached hydrogens (tertiary/aromatic N) is 4. The number of carbonyl (C=O) groups is 4. The highest BCUT2D eigenvalue weighted by molar-refractivity contribution is 6.32. The molecular formula is C46H54Cl2N8O8. The van der Waals surface area contributed by atoms with Gasteiger partial charge in [0.1, 0.15) is 45.4 Å². The van der Waals surface area contributed by atoms with Crippen molar-refractivity contribution in [2.45, 2.75) is 94.5 Å². The van der Waals surface area contributed by atoms with E-state index >= 15 is 0 Å². The summed E-state index contributed by atoms with van der Waals surface area (Å²) in [5, 5.41) is 6.36. The van der Waals surface area contributed by atoms with Crippen LogP contribution in [0.15, 0.2) is 48.5 Å². The van der Waals surface area contributed by atoms with Crippen LogP contribution in [0.1, 0.15) is 82.0 Å². The molecule has 9 atom stereocenters. The molecule has 18 heteroatoms. The Morgan fingerprint density at radius 2 is 1.14 bits per heavy atom. The van der Waals surface area contributed by atoms with Crippen LogP contribution in [-0.2, 0) is 28.5 Å². The van der Waals surface area contributed by atoms with Crippen molar-refractivity contribution in [2.75, 3.05) is 40.6 Å². The molecule has 1 aliphatic carbocycles. The summed E-state index contributed by atoms with van der Waals surface area (Å²) >= 11 is 13.6. The number of hydrogen-bond donors (Lipinski definition) is 4. The van der Waals surface area contributed by atoms with Crippen LogP contribution in [0.2, 0.25) is 10.3 Å². The van der Waals surface area contributed by atoms with Crippen LogP contribution in [0.3, 0.4) is 0 Å². The van der Waals surface area contributed by atoms with Crippen molar-refractivity contribution in [1.82, 2.24) is 40.4 Å². The van der Waals surface area contributed by atoms with Crippen molar-refractivity contribution in [3.8, 4) is 33.6 Å². The quantitative estimate of drug-likeness (QED) is 0.117. The second-order valence-electron chi connectivity index (χ2n) is 17.7. The van der Waals surface area contributed by atoms with Gasteiger partial charge in [-0.05, 0) is 75.3 Å². The van der Waals surface area contributed by atoms with E-state index in [0.717, 1.165) is 67.2 Å². The van der Waals surface area contributed by atoms with Gasteiger partial charge >= 0.3 is 12.2 Å². The third-order valence-electron chi connectivity index (χ3n) is 13.7. The average molecular weight is 918 g/mol. The number of aromatic nitrogens is 4. The van der Waals surface area contributed by atoms with Crippen molar-refractivity contribution in [3.05, 3.63) is 70.5 Å². The number of methoxy groups -OCH3 is 2. The standard InChI is InChI=1S/C46H54Cl2N8O8/c1-24-8-17-32(55(24)43(57)37(51-45(59)61-2)29-6-4-18-63-22-29)41-49-35(39(47)53-41)27-13-9-25(10-14-27)26-11-15-28(16-12-26)36-40(48)54-42(50-36)34-21-31-20-33(31)56(34)44(58)38(52-46(60)62-3)30-7-5-19-64-23-30/h9-16,24,29-34,37-38H,4-8,17-23H2,1-3H3,(H,49,53)(H,50,54)(H,51,59)(H,52,60). The Labute approximate surface area is 381 Å². The predicted octanol–water partition coefficient (Wildman–Crippen LogP) is 7.46. The van der Waals surface area contributed by atoms with E-state index in [1.807, 2.05) is 65.3 Å². The number of fused-ring (bicyclic) bond motifs is 1. The number of nitrogens with one attached hydrogen (secondary N) is 4. The molecule has 5 aliphatic rings. The highest BCUT2D eigenvalue weighted by Gasteiger charge is 2.57. The summed E-state index contributed by atoms with van der Waals surface area (Å²) in [6, 6.07) is 13.7. The smallest absolute Gasteiger partial charge is 0.407 e. The number of H-pyrrole nitrogens is 2. The lowest BCUT2D eigenvalue weighted by Gasteiger charge is -2.36. The first-order chi connectivity index (χ1) is 31.0. The number of carbonyl (C=O) groups excluding carboxylic acids is 4. The molecule has 0 bridgehead atoms. The molecule has 4 aromatic rings. The number of ether oxygens (including phenoxy) is 4. The van der Waals surface area contributed by atoms with Gasteiger partial charge in [0.05, 0.1) is 39.5 Å². The fourth-order valence-electron chi connectivity index (χ4n) is 10.2. The molecule has 4 aliphatic heterocycles. The van der Waals surface area contributed by atoms with E-state index in [1.54, 1.807) is 0 Å². The molecule has 340 valence electrons. The minimum absolute atomic E-state index is 0.0786. The lowest BCUT2D eigenvalue weighted by Crippen LogP contribution is -2.55. The van der Waals surface area contributed by atoms with Crippen LogP contribution >= 0.6 is 23.2 Å². The van der Waals surface area contributed by atoms with Crippen molar-refractivity contribution < 1.29 is 38.1 Å². The van der Waals surface area contributed by atoms with Gasteiger partial charge in [-0.1, -0.05) is 71.7 Å². The van der Waals surface area contributed by atoms with Gasteiger partial charge in [0, 0.05) is 48.3 Å². The van der Waals surface area contributed by atoms with Gasteiger partial charge in [-0.25, -0.2) is 19.6 Å². The highest BCUT2D eigenvalue weighted by Crippen LogP contribution is 2.54. The summed E-state index contributed by atoms with van der Waals surface area (Å²) in [4.78, 5) is 73.4. The van der Waals surface area contributed by atoms with E-state index in [4.69, 9.17) is 52.1 Å². The summed E-state index contributed by atoms with van der Waals surface area (Å²) in [6.45, 7) is 4.06. The second-order valence-corrected chi connectivity index (χ2v) is 18.4. The van der Waals surface area contributed by atoms with Gasteiger partial charge in [0.15, 0.2) is 0 Å². The summed E-state index contributed by atoms with van der Waals surface area (Å²) in [5.41, 5.74) is 4.77. The first kappa shape index (κ1) is 44.1. The van der Waals surface area contributed by atoms with Crippen molar-refractivity contribution in [2.24, 2.45) is 17.8 Å². The minimum Gasteiger partial charge on any atom is -0.453 e. The molecule has 4 saturated heterocycles. The van der Waals surface area contributed by atoms with Crippen LogP contribution < -0.4 is 10.6 Å². The van der Waals surface area contributed by atoms with E-state index in [-0.39, 0.29) is 47.8 Å². The lowest BCUT2D eigenvalue weighted by atomic mass is 9.92. The zero-order valence-corrected chi connectivity index (χ0v) is 37.6. The van der Waals surface area contributed by atoms with Gasteiger partial charge in [0.25, 0.3) is 0 Å². The maximum Gasteiger partial charge on any atom is 0.407 e. The van der Waals surface area contributed by atoms with Crippen molar-refractivity contribution >= 4 is 47.2 Å². The molecule has 6 heterocycles. The Bertz CT molecular complexity index is 2200. The van der Waals surface area contributed by atoms with Crippen LogP contribution in [-0.4, -0.2) is 119 Å². The number of halogens is 2. The molecule has 2 aromatic heterocycles. The van der Waals surface area contributed by atoms with E-state index in [2.05, 4.69) is 20.6 Å². The second kappa shape index (κ2) is 18.7. The van der Waals surface area contributed by atoms with E-state index in [0.29, 0.717) is 72.1 Å². The summed E-state index contributed by atoms with van der Waals surface area (Å²) in [7, 11) is 2.58. The van der Waals surface area contributed by atoms with Crippen molar-refractivity contribution in [1.29, 1.82) is 0 Å². The summed E-state index contributed by atoms with van der Waals surface area (Å²) in [5.74, 6) is 0.909. The first-order valence-corrected chi connectivity index (χ1v) is 23.0. The average Bonchev–Trinajstić information content (AvgIpc) is 3.63.